The molecule has 1 aromatic carbocycles. The third kappa shape index (κ3) is 4.05. The van der Waals surface area contributed by atoms with Gasteiger partial charge in [0.1, 0.15) is 0 Å². The number of hydrogen-bond donors (Lipinski definition) is 1. The van der Waals surface area contributed by atoms with E-state index in [1.807, 2.05) is 0 Å². The van der Waals surface area contributed by atoms with Gasteiger partial charge in [-0.1, -0.05) is 30.3 Å². The molecule has 0 saturated heterocycles. The lowest BCUT2D eigenvalue weighted by molar-refractivity contribution is 0.182. The van der Waals surface area contributed by atoms with Crippen LogP contribution in [0.4, 0.5) is 0 Å². The maximum Gasteiger partial charge on any atom is 0.0258 e. The second-order valence-electron chi connectivity index (χ2n) is 6.42. The summed E-state index contributed by atoms with van der Waals surface area (Å²) in [6.45, 7) is 3.35. The predicted octanol–water partition coefficient (Wildman–Crippen LogP) is 2.68. The van der Waals surface area contributed by atoms with Crippen LogP contribution in [0.25, 0.3) is 0 Å². The van der Waals surface area contributed by atoms with Crippen LogP contribution in [0.2, 0.25) is 0 Å². The van der Waals surface area contributed by atoms with Crippen LogP contribution in [-0.2, 0) is 6.42 Å². The zero-order chi connectivity index (χ0) is 13.1. The zero-order valence-electron chi connectivity index (χ0n) is 11.8. The van der Waals surface area contributed by atoms with E-state index in [2.05, 4.69) is 35.2 Å². The van der Waals surface area contributed by atoms with E-state index in [9.17, 15) is 0 Å². The summed E-state index contributed by atoms with van der Waals surface area (Å²) in [5.74, 6) is 1.92. The summed E-state index contributed by atoms with van der Waals surface area (Å²) in [6.07, 6.45) is 6.85. The minimum Gasteiger partial charge on any atom is -0.329 e. The minimum absolute atomic E-state index is 0.531. The van der Waals surface area contributed by atoms with Gasteiger partial charge >= 0.3 is 0 Å². The number of nitrogens with two attached hydrogens (primary N) is 1. The van der Waals surface area contributed by atoms with Gasteiger partial charge in [0.25, 0.3) is 0 Å². The van der Waals surface area contributed by atoms with Gasteiger partial charge in [-0.15, -0.1) is 0 Å². The molecule has 0 heterocycles. The third-order valence-corrected chi connectivity index (χ3v) is 4.48. The molecule has 2 aliphatic carbocycles. The van der Waals surface area contributed by atoms with Crippen molar-refractivity contribution in [3.8, 4) is 0 Å². The molecule has 0 spiro atoms. The molecule has 0 aromatic heterocycles. The maximum absolute atomic E-state index is 6.07. The molecule has 2 fully saturated rings. The Morgan fingerprint density at radius 1 is 1.00 bits per heavy atom. The van der Waals surface area contributed by atoms with E-state index in [0.717, 1.165) is 24.8 Å². The van der Waals surface area contributed by atoms with E-state index in [1.165, 1.54) is 44.3 Å². The van der Waals surface area contributed by atoms with Crippen molar-refractivity contribution < 1.29 is 0 Å². The van der Waals surface area contributed by atoms with Crippen LogP contribution >= 0.6 is 0 Å². The van der Waals surface area contributed by atoms with Gasteiger partial charge in [-0.05, 0) is 49.5 Å². The highest BCUT2D eigenvalue weighted by atomic mass is 15.2. The fourth-order valence-electron chi connectivity index (χ4n) is 2.88. The lowest BCUT2D eigenvalue weighted by atomic mass is 10.0. The average molecular weight is 258 g/mol. The second-order valence-corrected chi connectivity index (χ2v) is 6.42. The van der Waals surface area contributed by atoms with Crippen LogP contribution < -0.4 is 5.73 Å². The van der Waals surface area contributed by atoms with Crippen molar-refractivity contribution in [1.29, 1.82) is 0 Å². The molecule has 0 aliphatic heterocycles. The van der Waals surface area contributed by atoms with Crippen LogP contribution in [0, 0.1) is 11.8 Å². The van der Waals surface area contributed by atoms with Crippen LogP contribution in [-0.4, -0.2) is 30.6 Å². The molecule has 0 amide bonds. The number of benzene rings is 1. The van der Waals surface area contributed by atoms with Gasteiger partial charge in [0.05, 0.1) is 0 Å². The lowest BCUT2D eigenvalue weighted by Gasteiger charge is -2.31. The Balaban J connectivity index is 1.62. The quantitative estimate of drug-likeness (QED) is 0.777. The zero-order valence-corrected chi connectivity index (χ0v) is 11.8. The van der Waals surface area contributed by atoms with Gasteiger partial charge < -0.3 is 5.73 Å². The standard InChI is InChI=1S/C17H26N2/c18-11-17(10-14-4-2-1-3-5-14)19(12-15-6-7-15)13-16-8-9-16/h1-5,15-17H,6-13,18H2. The van der Waals surface area contributed by atoms with Crippen molar-refractivity contribution in [2.45, 2.75) is 38.1 Å². The van der Waals surface area contributed by atoms with Gasteiger partial charge in [0, 0.05) is 25.7 Å². The Kier molecular flexibility index (Phi) is 4.19. The second kappa shape index (κ2) is 6.06. The summed E-state index contributed by atoms with van der Waals surface area (Å²) in [4.78, 5) is 2.70. The Labute approximate surface area is 117 Å². The highest BCUT2D eigenvalue weighted by molar-refractivity contribution is 5.16. The van der Waals surface area contributed by atoms with E-state index in [4.69, 9.17) is 5.73 Å². The summed E-state index contributed by atoms with van der Waals surface area (Å²) in [6, 6.07) is 11.4. The Bertz CT molecular complexity index is 368. The minimum atomic E-state index is 0.531. The van der Waals surface area contributed by atoms with Crippen molar-refractivity contribution >= 4 is 0 Å². The SMILES string of the molecule is NCC(Cc1ccccc1)N(CC1CC1)CC1CC1. The first-order valence-electron chi connectivity index (χ1n) is 7.83. The van der Waals surface area contributed by atoms with Crippen molar-refractivity contribution in [3.63, 3.8) is 0 Å². The van der Waals surface area contributed by atoms with Gasteiger partial charge in [-0.25, -0.2) is 0 Å². The number of hydrogen-bond acceptors (Lipinski definition) is 2. The molecular formula is C17H26N2. The molecule has 0 bridgehead atoms. The molecule has 0 radical (unpaired) electrons. The Hall–Kier alpha value is -0.860. The predicted molar refractivity (Wildman–Crippen MR) is 80.0 cm³/mol. The van der Waals surface area contributed by atoms with Gasteiger partial charge in [-0.2, -0.15) is 0 Å². The monoisotopic (exact) mass is 258 g/mol. The molecule has 2 saturated carbocycles. The maximum atomic E-state index is 6.07. The topological polar surface area (TPSA) is 29.3 Å². The number of rotatable bonds is 8. The van der Waals surface area contributed by atoms with Crippen molar-refractivity contribution in [3.05, 3.63) is 35.9 Å². The molecule has 2 N–H and O–H groups in total. The van der Waals surface area contributed by atoms with Crippen molar-refractivity contribution in [2.24, 2.45) is 17.6 Å². The molecule has 19 heavy (non-hydrogen) atoms. The summed E-state index contributed by atoms with van der Waals surface area (Å²) in [5.41, 5.74) is 7.50. The van der Waals surface area contributed by atoms with Crippen molar-refractivity contribution in [1.82, 2.24) is 4.90 Å². The van der Waals surface area contributed by atoms with Crippen LogP contribution in [0.5, 0.6) is 0 Å². The average Bonchev–Trinajstić information content (AvgIpc) is 3.32. The highest BCUT2D eigenvalue weighted by Gasteiger charge is 2.32. The van der Waals surface area contributed by atoms with Crippen LogP contribution in [0.3, 0.4) is 0 Å². The smallest absolute Gasteiger partial charge is 0.0258 e. The highest BCUT2D eigenvalue weighted by Crippen LogP contribution is 2.34. The summed E-state index contributed by atoms with van der Waals surface area (Å²) >= 11 is 0. The lowest BCUT2D eigenvalue weighted by Crippen LogP contribution is -2.44. The molecule has 2 heteroatoms. The molecule has 2 aliphatic rings. The molecule has 3 rings (SSSR count). The van der Waals surface area contributed by atoms with Gasteiger partial charge in [0.15, 0.2) is 0 Å². The van der Waals surface area contributed by atoms with Gasteiger partial charge in [0.2, 0.25) is 0 Å². The summed E-state index contributed by atoms with van der Waals surface area (Å²) < 4.78 is 0. The summed E-state index contributed by atoms with van der Waals surface area (Å²) in [5, 5.41) is 0. The fourth-order valence-corrected chi connectivity index (χ4v) is 2.88. The first kappa shape index (κ1) is 13.1. The van der Waals surface area contributed by atoms with E-state index < -0.39 is 0 Å². The van der Waals surface area contributed by atoms with Crippen LogP contribution in [0.1, 0.15) is 31.2 Å². The third-order valence-electron chi connectivity index (χ3n) is 4.48. The van der Waals surface area contributed by atoms with E-state index in [-0.39, 0.29) is 0 Å². The molecule has 1 aromatic rings. The number of nitrogens with zero attached hydrogens (tertiary/aromatic N) is 1. The Morgan fingerprint density at radius 3 is 2.05 bits per heavy atom. The largest absolute Gasteiger partial charge is 0.329 e. The molecule has 2 nitrogen and oxygen atoms in total. The molecule has 104 valence electrons. The first-order chi connectivity index (χ1) is 9.35. The van der Waals surface area contributed by atoms with E-state index in [1.54, 1.807) is 0 Å². The molecule has 1 atom stereocenters. The van der Waals surface area contributed by atoms with E-state index >= 15 is 0 Å². The van der Waals surface area contributed by atoms with Gasteiger partial charge in [-0.3, -0.25) is 4.90 Å². The van der Waals surface area contributed by atoms with E-state index in [0.29, 0.717) is 6.04 Å². The normalized spacial score (nSPS) is 20.7. The first-order valence-corrected chi connectivity index (χ1v) is 7.83. The van der Waals surface area contributed by atoms with Crippen LogP contribution in [0.15, 0.2) is 30.3 Å². The Morgan fingerprint density at radius 2 is 1.58 bits per heavy atom. The summed E-state index contributed by atoms with van der Waals surface area (Å²) in [7, 11) is 0. The fraction of sp³-hybridized carbons (Fsp3) is 0.647. The molecular weight excluding hydrogens is 232 g/mol. The molecule has 1 unspecified atom stereocenters. The van der Waals surface area contributed by atoms with Crippen molar-refractivity contribution in [2.75, 3.05) is 19.6 Å².